The van der Waals surface area contributed by atoms with Crippen LogP contribution >= 0.6 is 0 Å². The van der Waals surface area contributed by atoms with E-state index in [2.05, 4.69) is 10.2 Å². The molecule has 3 atom stereocenters. The van der Waals surface area contributed by atoms with E-state index in [0.717, 1.165) is 51.1 Å². The third-order valence-electron chi connectivity index (χ3n) is 5.53. The molecule has 1 N–H and O–H groups in total. The van der Waals surface area contributed by atoms with E-state index in [1.807, 2.05) is 12.1 Å². The molecule has 0 bridgehead atoms. The summed E-state index contributed by atoms with van der Waals surface area (Å²) in [5.41, 5.74) is 0. The van der Waals surface area contributed by atoms with Gasteiger partial charge in [0.1, 0.15) is 5.76 Å². The van der Waals surface area contributed by atoms with Crippen LogP contribution in [0.2, 0.25) is 0 Å². The van der Waals surface area contributed by atoms with E-state index in [1.54, 1.807) is 6.26 Å². The lowest BCUT2D eigenvalue weighted by Gasteiger charge is -2.32. The number of nitrogens with one attached hydrogen (secondary N) is 1. The second kappa shape index (κ2) is 6.65. The fourth-order valence-corrected chi connectivity index (χ4v) is 4.05. The van der Waals surface area contributed by atoms with E-state index in [1.165, 1.54) is 12.8 Å². The molecule has 1 aromatic rings. The Morgan fingerprint density at radius 3 is 3.00 bits per heavy atom. The van der Waals surface area contributed by atoms with Gasteiger partial charge in [0.2, 0.25) is 5.91 Å². The molecule has 3 heterocycles. The lowest BCUT2D eigenvalue weighted by atomic mass is 9.81. The van der Waals surface area contributed by atoms with Crippen molar-refractivity contribution in [3.05, 3.63) is 24.2 Å². The van der Waals surface area contributed by atoms with Crippen molar-refractivity contribution < 1.29 is 13.9 Å². The van der Waals surface area contributed by atoms with Gasteiger partial charge in [0, 0.05) is 26.1 Å². The van der Waals surface area contributed by atoms with Gasteiger partial charge in [0.15, 0.2) is 0 Å². The molecular formula is C18H26N2O3. The highest BCUT2D eigenvalue weighted by Gasteiger charge is 2.41. The summed E-state index contributed by atoms with van der Waals surface area (Å²) in [6.07, 6.45) is 4.90. The molecule has 126 valence electrons. The van der Waals surface area contributed by atoms with Gasteiger partial charge in [0.05, 0.1) is 26.0 Å². The molecular weight excluding hydrogens is 292 g/mol. The van der Waals surface area contributed by atoms with Gasteiger partial charge in [-0.2, -0.15) is 0 Å². The van der Waals surface area contributed by atoms with Crippen molar-refractivity contribution in [3.8, 4) is 0 Å². The Kier molecular flexibility index (Phi) is 4.40. The normalized spacial score (nSPS) is 31.0. The second-order valence-electron chi connectivity index (χ2n) is 7.45. The van der Waals surface area contributed by atoms with Crippen molar-refractivity contribution in [2.24, 2.45) is 23.7 Å². The summed E-state index contributed by atoms with van der Waals surface area (Å²) in [7, 11) is 0. The van der Waals surface area contributed by atoms with Crippen molar-refractivity contribution in [1.82, 2.24) is 10.2 Å². The van der Waals surface area contributed by atoms with Gasteiger partial charge in [-0.1, -0.05) is 0 Å². The lowest BCUT2D eigenvalue weighted by molar-refractivity contribution is -0.124. The Labute approximate surface area is 137 Å². The van der Waals surface area contributed by atoms with Gasteiger partial charge < -0.3 is 14.5 Å². The van der Waals surface area contributed by atoms with Crippen molar-refractivity contribution >= 4 is 5.91 Å². The Morgan fingerprint density at radius 2 is 2.22 bits per heavy atom. The van der Waals surface area contributed by atoms with Crippen LogP contribution in [0.1, 0.15) is 25.0 Å². The molecule has 0 spiro atoms. The van der Waals surface area contributed by atoms with E-state index < -0.39 is 0 Å². The fourth-order valence-electron chi connectivity index (χ4n) is 4.05. The van der Waals surface area contributed by atoms with Gasteiger partial charge in [-0.3, -0.25) is 9.69 Å². The first-order valence-electron chi connectivity index (χ1n) is 8.87. The number of likely N-dealkylation sites (tertiary alicyclic amines) is 1. The molecule has 5 heteroatoms. The van der Waals surface area contributed by atoms with E-state index in [9.17, 15) is 4.79 Å². The molecule has 3 fully saturated rings. The van der Waals surface area contributed by atoms with Crippen molar-refractivity contribution in [2.45, 2.75) is 25.8 Å². The topological polar surface area (TPSA) is 54.7 Å². The number of carbonyl (C=O) groups is 1. The zero-order chi connectivity index (χ0) is 15.6. The molecule has 0 radical (unpaired) electrons. The summed E-state index contributed by atoms with van der Waals surface area (Å²) in [5.74, 6) is 3.45. The van der Waals surface area contributed by atoms with Crippen LogP contribution in [-0.4, -0.2) is 43.7 Å². The number of ether oxygens (including phenoxy) is 1. The van der Waals surface area contributed by atoms with Gasteiger partial charge in [0.25, 0.3) is 0 Å². The second-order valence-corrected chi connectivity index (χ2v) is 7.45. The van der Waals surface area contributed by atoms with Gasteiger partial charge in [-0.25, -0.2) is 0 Å². The summed E-state index contributed by atoms with van der Waals surface area (Å²) in [6.45, 7) is 5.39. The molecule has 5 nitrogen and oxygen atoms in total. The maximum atomic E-state index is 12.2. The molecule has 3 aliphatic rings. The molecule has 23 heavy (non-hydrogen) atoms. The first-order chi connectivity index (χ1) is 11.3. The minimum Gasteiger partial charge on any atom is -0.468 e. The Bertz CT molecular complexity index is 526. The third-order valence-corrected chi connectivity index (χ3v) is 5.53. The van der Waals surface area contributed by atoms with Crippen molar-refractivity contribution in [1.29, 1.82) is 0 Å². The SMILES string of the molecule is O=C(C[C@@H]1COC[C@H]2CN(Cc3ccco3)C[C@@H]12)NCC1CC1. The number of nitrogens with zero attached hydrogens (tertiary/aromatic N) is 1. The molecule has 1 aromatic heterocycles. The fraction of sp³-hybridized carbons (Fsp3) is 0.722. The Hall–Kier alpha value is -1.33. The molecule has 2 aliphatic heterocycles. The number of amides is 1. The smallest absolute Gasteiger partial charge is 0.220 e. The number of rotatable bonds is 6. The van der Waals surface area contributed by atoms with Gasteiger partial charge in [-0.15, -0.1) is 0 Å². The highest BCUT2D eigenvalue weighted by molar-refractivity contribution is 5.76. The van der Waals surface area contributed by atoms with E-state index in [4.69, 9.17) is 9.15 Å². The number of hydrogen-bond acceptors (Lipinski definition) is 4. The monoisotopic (exact) mass is 318 g/mol. The summed E-state index contributed by atoms with van der Waals surface area (Å²) in [4.78, 5) is 14.6. The minimum atomic E-state index is 0.204. The van der Waals surface area contributed by atoms with Crippen LogP contribution in [0.25, 0.3) is 0 Å². The number of furan rings is 1. The largest absolute Gasteiger partial charge is 0.468 e. The van der Waals surface area contributed by atoms with E-state index >= 15 is 0 Å². The predicted octanol–water partition coefficient (Wildman–Crippen LogP) is 1.89. The first kappa shape index (κ1) is 15.2. The Morgan fingerprint density at radius 1 is 1.30 bits per heavy atom. The number of carbonyl (C=O) groups excluding carboxylic acids is 1. The Balaban J connectivity index is 1.30. The maximum Gasteiger partial charge on any atom is 0.220 e. The zero-order valence-electron chi connectivity index (χ0n) is 13.6. The summed E-state index contributed by atoms with van der Waals surface area (Å²) < 4.78 is 11.3. The van der Waals surface area contributed by atoms with Gasteiger partial charge in [-0.05, 0) is 48.6 Å². The van der Waals surface area contributed by atoms with Crippen LogP contribution in [0.3, 0.4) is 0 Å². The van der Waals surface area contributed by atoms with Crippen molar-refractivity contribution in [3.63, 3.8) is 0 Å². The van der Waals surface area contributed by atoms with E-state index in [-0.39, 0.29) is 5.91 Å². The lowest BCUT2D eigenvalue weighted by Crippen LogP contribution is -2.38. The van der Waals surface area contributed by atoms with Crippen LogP contribution in [0.4, 0.5) is 0 Å². The van der Waals surface area contributed by atoms with Crippen LogP contribution in [0, 0.1) is 23.7 Å². The summed E-state index contributed by atoms with van der Waals surface area (Å²) in [5, 5.41) is 3.10. The van der Waals surface area contributed by atoms with Crippen LogP contribution in [0.5, 0.6) is 0 Å². The molecule has 4 rings (SSSR count). The molecule has 1 saturated carbocycles. The molecule has 1 aliphatic carbocycles. The summed E-state index contributed by atoms with van der Waals surface area (Å²) >= 11 is 0. The quantitative estimate of drug-likeness (QED) is 0.870. The van der Waals surface area contributed by atoms with Crippen molar-refractivity contribution in [2.75, 3.05) is 32.8 Å². The molecule has 1 amide bonds. The first-order valence-corrected chi connectivity index (χ1v) is 8.87. The minimum absolute atomic E-state index is 0.204. The average Bonchev–Trinajstić information content (AvgIpc) is 3.05. The molecule has 0 aromatic carbocycles. The summed E-state index contributed by atoms with van der Waals surface area (Å²) in [6, 6.07) is 3.97. The highest BCUT2D eigenvalue weighted by atomic mass is 16.5. The highest BCUT2D eigenvalue weighted by Crippen LogP contribution is 2.36. The average molecular weight is 318 g/mol. The maximum absolute atomic E-state index is 12.2. The zero-order valence-corrected chi connectivity index (χ0v) is 13.6. The third kappa shape index (κ3) is 3.78. The van der Waals surface area contributed by atoms with Crippen LogP contribution in [-0.2, 0) is 16.1 Å². The van der Waals surface area contributed by atoms with Gasteiger partial charge >= 0.3 is 0 Å². The number of hydrogen-bond donors (Lipinski definition) is 1. The van der Waals surface area contributed by atoms with E-state index in [0.29, 0.717) is 24.2 Å². The molecule has 0 unspecified atom stereocenters. The van der Waals surface area contributed by atoms with Crippen LogP contribution < -0.4 is 5.32 Å². The predicted molar refractivity (Wildman–Crippen MR) is 85.6 cm³/mol. The number of fused-ring (bicyclic) bond motifs is 1. The standard InChI is InChI=1S/C18H26N2O3/c21-18(19-7-13-3-4-13)6-14-11-22-12-15-8-20(10-17(14)15)9-16-2-1-5-23-16/h1-2,5,13-15,17H,3-4,6-12H2,(H,19,21)/t14-,15-,17+/m1/s1. The molecule has 2 saturated heterocycles. The van der Waals surface area contributed by atoms with Crippen LogP contribution in [0.15, 0.2) is 22.8 Å².